The minimum Gasteiger partial charge on any atom is -0.486 e. The number of halogens is 2. The third kappa shape index (κ3) is 4.78. The lowest BCUT2D eigenvalue weighted by Crippen LogP contribution is -2.38. The Labute approximate surface area is 218 Å². The van der Waals surface area contributed by atoms with Crippen LogP contribution in [0.25, 0.3) is 21.5 Å². The van der Waals surface area contributed by atoms with Gasteiger partial charge in [-0.25, -0.2) is 23.7 Å². The smallest absolute Gasteiger partial charge is 0.178 e. The zero-order valence-electron chi connectivity index (χ0n) is 20.9. The van der Waals surface area contributed by atoms with E-state index in [4.69, 9.17) is 9.72 Å². The number of anilines is 1. The van der Waals surface area contributed by atoms with Crippen molar-refractivity contribution in [1.82, 2.24) is 20.3 Å². The normalized spacial score (nSPS) is 16.3. The first-order valence-corrected chi connectivity index (χ1v) is 13.6. The second-order valence-electron chi connectivity index (χ2n) is 9.98. The number of benzene rings is 2. The summed E-state index contributed by atoms with van der Waals surface area (Å²) in [7, 11) is 0. The first-order valence-electron chi connectivity index (χ1n) is 12.8. The maximum atomic E-state index is 15.0. The van der Waals surface area contributed by atoms with Crippen molar-refractivity contribution >= 4 is 27.2 Å². The number of nitrogens with zero attached hydrogens (tertiary/aromatic N) is 4. The second kappa shape index (κ2) is 9.95. The Balaban J connectivity index is 1.30. The quantitative estimate of drug-likeness (QED) is 0.364. The van der Waals surface area contributed by atoms with Crippen LogP contribution in [0.15, 0.2) is 36.5 Å². The lowest BCUT2D eigenvalue weighted by Gasteiger charge is -2.34. The van der Waals surface area contributed by atoms with E-state index < -0.39 is 11.6 Å². The Kier molecular flexibility index (Phi) is 6.50. The minimum absolute atomic E-state index is 0.0870. The molecular formula is C28H29F2N5OS. The van der Waals surface area contributed by atoms with Crippen LogP contribution in [0.5, 0.6) is 5.75 Å². The van der Waals surface area contributed by atoms with Crippen molar-refractivity contribution < 1.29 is 13.5 Å². The third-order valence-corrected chi connectivity index (χ3v) is 8.32. The molecule has 1 saturated heterocycles. The number of hydrogen-bond acceptors (Lipinski definition) is 7. The number of fused-ring (bicyclic) bond motifs is 2. The molecule has 9 heteroatoms. The van der Waals surface area contributed by atoms with Crippen LogP contribution >= 0.6 is 11.3 Å². The number of hydrogen-bond donors (Lipinski definition) is 1. The summed E-state index contributed by atoms with van der Waals surface area (Å²) in [6.45, 7) is 7.20. The van der Waals surface area contributed by atoms with Gasteiger partial charge in [0, 0.05) is 23.9 Å². The van der Waals surface area contributed by atoms with Crippen molar-refractivity contribution in [3.05, 3.63) is 64.6 Å². The Morgan fingerprint density at radius 2 is 1.95 bits per heavy atom. The summed E-state index contributed by atoms with van der Waals surface area (Å²) >= 11 is 1.77. The fourth-order valence-corrected chi connectivity index (χ4v) is 6.31. The van der Waals surface area contributed by atoms with Gasteiger partial charge >= 0.3 is 0 Å². The second-order valence-corrected chi connectivity index (χ2v) is 11.0. The van der Waals surface area contributed by atoms with Crippen LogP contribution in [0.3, 0.4) is 0 Å². The molecule has 6 rings (SSSR count). The van der Waals surface area contributed by atoms with E-state index in [-0.39, 0.29) is 17.5 Å². The molecular weight excluding hydrogens is 492 g/mol. The zero-order chi connectivity index (χ0) is 25.5. The van der Waals surface area contributed by atoms with Gasteiger partial charge in [-0.1, -0.05) is 6.07 Å². The third-order valence-electron chi connectivity index (χ3n) is 7.12. The maximum Gasteiger partial charge on any atom is 0.178 e. The summed E-state index contributed by atoms with van der Waals surface area (Å²) in [5.41, 5.74) is 3.06. The molecule has 0 bridgehead atoms. The highest BCUT2D eigenvalue weighted by Gasteiger charge is 2.26. The van der Waals surface area contributed by atoms with Crippen molar-refractivity contribution in [2.45, 2.75) is 45.1 Å². The highest BCUT2D eigenvalue weighted by molar-refractivity contribution is 7.18. The molecule has 0 amide bonds. The SMILES string of the molecule is CC(C)N1CCOc2c(F)cc(-c3nc(Cc4ccc5sc(C6CCNCC6)nc5c4)ncc3F)cc21. The van der Waals surface area contributed by atoms with Crippen molar-refractivity contribution in [2.24, 2.45) is 0 Å². The van der Waals surface area contributed by atoms with Gasteiger partial charge in [0.2, 0.25) is 0 Å². The van der Waals surface area contributed by atoms with E-state index in [9.17, 15) is 8.78 Å². The maximum absolute atomic E-state index is 15.0. The number of nitrogens with one attached hydrogen (secondary N) is 1. The molecule has 1 fully saturated rings. The molecule has 0 aliphatic carbocycles. The first kappa shape index (κ1) is 24.2. The zero-order valence-corrected chi connectivity index (χ0v) is 21.7. The summed E-state index contributed by atoms with van der Waals surface area (Å²) in [5, 5.41) is 4.60. The number of thiazole rings is 1. The van der Waals surface area contributed by atoms with Gasteiger partial charge in [-0.2, -0.15) is 0 Å². The van der Waals surface area contributed by atoms with Crippen LogP contribution in [0.2, 0.25) is 0 Å². The molecule has 0 radical (unpaired) electrons. The number of piperidine rings is 1. The predicted molar refractivity (Wildman–Crippen MR) is 143 cm³/mol. The van der Waals surface area contributed by atoms with Gasteiger partial charge in [-0.3, -0.25) is 0 Å². The molecule has 1 N–H and O–H groups in total. The van der Waals surface area contributed by atoms with E-state index in [2.05, 4.69) is 38.4 Å². The lowest BCUT2D eigenvalue weighted by molar-refractivity contribution is 0.287. The van der Waals surface area contributed by atoms with Gasteiger partial charge in [0.05, 0.1) is 33.7 Å². The van der Waals surface area contributed by atoms with Crippen molar-refractivity contribution in [3.8, 4) is 17.0 Å². The Bertz CT molecular complexity index is 1450. The van der Waals surface area contributed by atoms with Crippen molar-refractivity contribution in [2.75, 3.05) is 31.1 Å². The molecule has 0 atom stereocenters. The highest BCUT2D eigenvalue weighted by Crippen LogP contribution is 2.39. The summed E-state index contributed by atoms with van der Waals surface area (Å²) in [6.07, 6.45) is 3.83. The summed E-state index contributed by atoms with van der Waals surface area (Å²) in [5.74, 6) is 0.0889. The van der Waals surface area contributed by atoms with Crippen molar-refractivity contribution in [1.29, 1.82) is 0 Å². The van der Waals surface area contributed by atoms with E-state index in [1.165, 1.54) is 22.0 Å². The predicted octanol–water partition coefficient (Wildman–Crippen LogP) is 5.70. The van der Waals surface area contributed by atoms with E-state index in [0.717, 1.165) is 37.0 Å². The van der Waals surface area contributed by atoms with Crippen LogP contribution in [0, 0.1) is 11.6 Å². The van der Waals surface area contributed by atoms with Gasteiger partial charge in [-0.15, -0.1) is 11.3 Å². The standard InChI is InChI=1S/C28H29F2N5OS/c1-16(2)35-9-10-36-27-20(29)13-19(14-23(27)35)26-21(30)15-32-25(34-26)12-17-3-4-24-22(11-17)33-28(37-24)18-5-7-31-8-6-18/h3-4,11,13-16,18,31H,5-10,12H2,1-2H3. The molecule has 37 heavy (non-hydrogen) atoms. The molecule has 2 aromatic heterocycles. The highest BCUT2D eigenvalue weighted by atomic mass is 32.1. The molecule has 2 aliphatic heterocycles. The molecule has 192 valence electrons. The molecule has 2 aromatic carbocycles. The van der Waals surface area contributed by atoms with Crippen LogP contribution in [0.4, 0.5) is 14.5 Å². The van der Waals surface area contributed by atoms with Crippen LogP contribution in [0.1, 0.15) is 49.0 Å². The van der Waals surface area contributed by atoms with Gasteiger partial charge in [0.25, 0.3) is 0 Å². The summed E-state index contributed by atoms with van der Waals surface area (Å²) in [4.78, 5) is 15.7. The minimum atomic E-state index is -0.586. The Morgan fingerprint density at radius 3 is 2.76 bits per heavy atom. The monoisotopic (exact) mass is 521 g/mol. The van der Waals surface area contributed by atoms with E-state index >= 15 is 0 Å². The Hall–Kier alpha value is -3.17. The van der Waals surface area contributed by atoms with Gasteiger partial charge in [0.15, 0.2) is 17.4 Å². The molecule has 6 nitrogen and oxygen atoms in total. The molecule has 4 aromatic rings. The fourth-order valence-electron chi connectivity index (χ4n) is 5.19. The largest absolute Gasteiger partial charge is 0.486 e. The molecule has 0 saturated carbocycles. The molecule has 2 aliphatic rings. The number of aromatic nitrogens is 3. The van der Waals surface area contributed by atoms with Crippen molar-refractivity contribution in [3.63, 3.8) is 0 Å². The van der Waals surface area contributed by atoms with E-state index in [1.807, 2.05) is 13.8 Å². The molecule has 0 spiro atoms. The Morgan fingerprint density at radius 1 is 1.11 bits per heavy atom. The van der Waals surface area contributed by atoms with Crippen LogP contribution in [-0.2, 0) is 6.42 Å². The topological polar surface area (TPSA) is 63.2 Å². The van der Waals surface area contributed by atoms with Crippen LogP contribution < -0.4 is 15.0 Å². The average molecular weight is 522 g/mol. The molecule has 0 unspecified atom stereocenters. The van der Waals surface area contributed by atoms with E-state index in [0.29, 0.717) is 42.6 Å². The summed E-state index contributed by atoms with van der Waals surface area (Å²) < 4.78 is 36.6. The van der Waals surface area contributed by atoms with Gasteiger partial charge in [-0.05, 0) is 69.6 Å². The fraction of sp³-hybridized carbons (Fsp3) is 0.393. The summed E-state index contributed by atoms with van der Waals surface area (Å²) in [6, 6.07) is 9.42. The van der Waals surface area contributed by atoms with Gasteiger partial charge < -0.3 is 15.0 Å². The number of ether oxygens (including phenoxy) is 1. The number of rotatable bonds is 5. The lowest BCUT2D eigenvalue weighted by atomic mass is 9.99. The van der Waals surface area contributed by atoms with Gasteiger partial charge in [0.1, 0.15) is 18.1 Å². The first-order chi connectivity index (χ1) is 18.0. The van der Waals surface area contributed by atoms with E-state index in [1.54, 1.807) is 17.4 Å². The average Bonchev–Trinajstić information content (AvgIpc) is 3.33. The molecule has 4 heterocycles. The van der Waals surface area contributed by atoms with Crippen LogP contribution in [-0.4, -0.2) is 47.2 Å².